The van der Waals surface area contributed by atoms with E-state index in [9.17, 15) is 26.3 Å². The highest BCUT2D eigenvalue weighted by Crippen LogP contribution is 2.47. The van der Waals surface area contributed by atoms with Gasteiger partial charge in [0.2, 0.25) is 0 Å². The Labute approximate surface area is 270 Å². The molecule has 5 aromatic carbocycles. The van der Waals surface area contributed by atoms with Gasteiger partial charge >= 0.3 is 12.4 Å². The first-order valence-electron chi connectivity index (χ1n) is 14.9. The van der Waals surface area contributed by atoms with E-state index in [-0.39, 0.29) is 30.3 Å². The van der Waals surface area contributed by atoms with Crippen LogP contribution in [0.25, 0.3) is 0 Å². The topological polar surface area (TPSA) is 24.4 Å². The number of nitrogens with zero attached hydrogens (tertiary/aromatic N) is 1. The summed E-state index contributed by atoms with van der Waals surface area (Å²) in [6.07, 6.45) is -10.1. The molecule has 0 amide bonds. The fourth-order valence-corrected chi connectivity index (χ4v) is 9.37. The van der Waals surface area contributed by atoms with Crippen LogP contribution in [0.5, 0.6) is 0 Å². The zero-order chi connectivity index (χ0) is 33.7. The predicted molar refractivity (Wildman–Crippen MR) is 179 cm³/mol. The zero-order valence-electron chi connectivity index (χ0n) is 25.6. The second kappa shape index (κ2) is 13.7. The normalized spacial score (nSPS) is 13.4. The van der Waals surface area contributed by atoms with Gasteiger partial charge in [-0.2, -0.15) is 26.3 Å². The Hall–Kier alpha value is -4.55. The Morgan fingerprint density at radius 2 is 0.979 bits per heavy atom. The van der Waals surface area contributed by atoms with Crippen LogP contribution in [0.3, 0.4) is 0 Å². The number of allylic oxidation sites excluding steroid dienone is 1. The Bertz CT molecular complexity index is 1720. The molecule has 0 aliphatic carbocycles. The van der Waals surface area contributed by atoms with Crippen molar-refractivity contribution in [1.82, 2.24) is 5.32 Å². The van der Waals surface area contributed by atoms with Gasteiger partial charge < -0.3 is 5.32 Å². The van der Waals surface area contributed by atoms with Crippen molar-refractivity contribution in [3.05, 3.63) is 174 Å². The monoisotopic (exact) mass is 662 g/mol. The lowest BCUT2D eigenvalue weighted by Gasteiger charge is -2.35. The van der Waals surface area contributed by atoms with Gasteiger partial charge in [0.05, 0.1) is 30.3 Å². The van der Waals surface area contributed by atoms with E-state index >= 15 is 0 Å². The van der Waals surface area contributed by atoms with Crippen LogP contribution >= 0.6 is 7.05 Å². The highest BCUT2D eigenvalue weighted by Gasteiger charge is 2.37. The molecule has 0 aromatic heterocycles. The van der Waals surface area contributed by atoms with Crippen LogP contribution in [0.15, 0.2) is 157 Å². The van der Waals surface area contributed by atoms with E-state index in [2.05, 4.69) is 48.3 Å². The molecule has 1 atom stereocenters. The number of rotatable bonds is 10. The minimum Gasteiger partial charge on any atom is -0.377 e. The van der Waals surface area contributed by atoms with Crippen molar-refractivity contribution < 1.29 is 26.3 Å². The molecule has 0 aliphatic heterocycles. The molecule has 0 saturated carbocycles. The lowest BCUT2D eigenvalue weighted by Crippen LogP contribution is -2.42. The van der Waals surface area contributed by atoms with Crippen LogP contribution in [0.2, 0.25) is 0 Å². The lowest BCUT2D eigenvalue weighted by molar-refractivity contribution is -0.143. The minimum atomic E-state index is -4.94. The summed E-state index contributed by atoms with van der Waals surface area (Å²) in [4.78, 5) is 0. The third-order valence-electron chi connectivity index (χ3n) is 7.92. The molecule has 0 unspecified atom stereocenters. The summed E-state index contributed by atoms with van der Waals surface area (Å²) < 4.78 is 87.1. The Morgan fingerprint density at radius 1 is 0.596 bits per heavy atom. The summed E-state index contributed by atoms with van der Waals surface area (Å²) in [5.41, 5.74) is -2.73. The van der Waals surface area contributed by atoms with Crippen molar-refractivity contribution in [1.29, 1.82) is 0 Å². The maximum Gasteiger partial charge on any atom is 0.416 e. The number of hydrogen-bond acceptors (Lipinski definition) is 2. The molecule has 0 fully saturated rings. The molecule has 0 saturated heterocycles. The smallest absolute Gasteiger partial charge is 0.377 e. The number of halogens is 6. The summed E-state index contributed by atoms with van der Waals surface area (Å²) in [5.74, 6) is 0. The first kappa shape index (κ1) is 33.8. The Kier molecular flexibility index (Phi) is 9.83. The summed E-state index contributed by atoms with van der Waals surface area (Å²) >= 11 is 0. The average Bonchev–Trinajstić information content (AvgIpc) is 3.06. The molecule has 242 valence electrons. The van der Waals surface area contributed by atoms with Crippen molar-refractivity contribution in [3.63, 3.8) is 0 Å². The fraction of sp³-hybridized carbons (Fsp3) is 0.158. The van der Waals surface area contributed by atoms with Crippen molar-refractivity contribution >= 4 is 23.0 Å². The summed E-state index contributed by atoms with van der Waals surface area (Å²) in [6.45, 7) is 6.18. The highest BCUT2D eigenvalue weighted by molar-refractivity contribution is 7.87. The van der Waals surface area contributed by atoms with Gasteiger partial charge in [0, 0.05) is 28.0 Å². The van der Waals surface area contributed by atoms with Gasteiger partial charge in [-0.1, -0.05) is 128 Å². The van der Waals surface area contributed by atoms with E-state index in [4.69, 9.17) is 4.74 Å². The van der Waals surface area contributed by atoms with Crippen molar-refractivity contribution in [2.45, 2.75) is 31.2 Å². The van der Waals surface area contributed by atoms with Crippen LogP contribution in [0.4, 0.5) is 26.3 Å². The van der Waals surface area contributed by atoms with E-state index in [1.165, 1.54) is 0 Å². The van der Waals surface area contributed by atoms with Gasteiger partial charge in [0.1, 0.15) is 0 Å². The standard InChI is InChI=1S/C38H33F6N2P/c1-28(23-29-24-31(37(39,40)41)26-32(25-29)38(42,43)44)46-36(2,30-15-7-3-8-16-30)27-45-47(33-17-9-4-10-18-33,34-19-11-5-12-20-34)35-21-13-6-14-22-35/h3-22,24-26,46H,1,23,27H2,2H3/t36-/m1/s1. The first-order chi connectivity index (χ1) is 22.3. The SMILES string of the molecule is C=C(Cc1cc(C(F)(F)F)cc(C(F)(F)F)c1)N[C@](C)(CN=P(c1ccccc1)(c1ccccc1)c1ccccc1)c1ccccc1. The number of benzene rings is 5. The molecule has 5 rings (SSSR count). The summed E-state index contributed by atoms with van der Waals surface area (Å²) in [6, 6.07) is 41.2. The molecule has 0 spiro atoms. The van der Waals surface area contributed by atoms with Gasteiger partial charge in [0.25, 0.3) is 0 Å². The maximum absolute atomic E-state index is 13.6. The van der Waals surface area contributed by atoms with E-state index in [1.807, 2.05) is 91.9 Å². The Balaban J connectivity index is 1.61. The van der Waals surface area contributed by atoms with Crippen LogP contribution < -0.4 is 21.2 Å². The Morgan fingerprint density at radius 3 is 1.36 bits per heavy atom. The molecular formula is C38H33F6N2P. The van der Waals surface area contributed by atoms with E-state index in [0.717, 1.165) is 33.6 Å². The molecule has 9 heteroatoms. The van der Waals surface area contributed by atoms with E-state index in [0.29, 0.717) is 0 Å². The van der Waals surface area contributed by atoms with Crippen LogP contribution in [-0.2, 0) is 24.3 Å². The number of nitrogens with one attached hydrogen (secondary N) is 1. The molecule has 0 radical (unpaired) electrons. The molecule has 47 heavy (non-hydrogen) atoms. The lowest BCUT2D eigenvalue weighted by atomic mass is 9.91. The minimum absolute atomic E-state index is 0.132. The molecule has 1 N–H and O–H groups in total. The largest absolute Gasteiger partial charge is 0.416 e. The summed E-state index contributed by atoms with van der Waals surface area (Å²) in [5, 5.41) is 6.48. The third-order valence-corrected chi connectivity index (χ3v) is 11.6. The number of alkyl halides is 6. The van der Waals surface area contributed by atoms with Gasteiger partial charge in [-0.3, -0.25) is 4.74 Å². The van der Waals surface area contributed by atoms with E-state index in [1.54, 1.807) is 0 Å². The van der Waals surface area contributed by atoms with Crippen LogP contribution in [0.1, 0.15) is 29.2 Å². The van der Waals surface area contributed by atoms with Crippen molar-refractivity contribution in [2.75, 3.05) is 6.54 Å². The third kappa shape index (κ3) is 7.71. The highest BCUT2D eigenvalue weighted by atomic mass is 31.2. The molecule has 0 bridgehead atoms. The molecule has 5 aromatic rings. The van der Waals surface area contributed by atoms with Gasteiger partial charge in [-0.25, -0.2) is 0 Å². The molecule has 0 aliphatic rings. The second-order valence-electron chi connectivity index (χ2n) is 11.5. The van der Waals surface area contributed by atoms with Crippen LogP contribution in [0, 0.1) is 0 Å². The van der Waals surface area contributed by atoms with E-state index < -0.39 is 36.1 Å². The fourth-order valence-electron chi connectivity index (χ4n) is 5.68. The predicted octanol–water partition coefficient (Wildman–Crippen LogP) is 9.46. The molecular weight excluding hydrogens is 629 g/mol. The first-order valence-corrected chi connectivity index (χ1v) is 16.6. The van der Waals surface area contributed by atoms with Gasteiger partial charge in [-0.15, -0.1) is 0 Å². The zero-order valence-corrected chi connectivity index (χ0v) is 26.5. The average molecular weight is 663 g/mol. The molecule has 2 nitrogen and oxygen atoms in total. The van der Waals surface area contributed by atoms with Crippen molar-refractivity contribution in [2.24, 2.45) is 4.74 Å². The van der Waals surface area contributed by atoms with Crippen molar-refractivity contribution in [3.8, 4) is 0 Å². The summed E-state index contributed by atoms with van der Waals surface area (Å²) in [7, 11) is -2.63. The maximum atomic E-state index is 13.6. The molecule has 0 heterocycles. The van der Waals surface area contributed by atoms with Crippen LogP contribution in [-0.4, -0.2) is 6.54 Å². The quantitative estimate of drug-likeness (QED) is 0.117. The second-order valence-corrected chi connectivity index (χ2v) is 14.6. The van der Waals surface area contributed by atoms with Gasteiger partial charge in [0.15, 0.2) is 0 Å². The van der Waals surface area contributed by atoms with Gasteiger partial charge in [-0.05, 0) is 36.2 Å². The number of hydrogen-bond donors (Lipinski definition) is 1.